The Morgan fingerprint density at radius 1 is 0.946 bits per heavy atom. The number of rotatable bonds is 6. The van der Waals surface area contributed by atoms with E-state index in [0.717, 1.165) is 39.3 Å². The van der Waals surface area contributed by atoms with Gasteiger partial charge in [-0.05, 0) is 66.4 Å². The molecule has 0 aliphatic carbocycles. The Morgan fingerprint density at radius 2 is 1.84 bits per heavy atom. The first-order valence-electron chi connectivity index (χ1n) is 11.7. The highest BCUT2D eigenvalue weighted by Gasteiger charge is 2.19. The standard InChI is InChI=1S/C29H22N6OS/c1-19-6-4-8-22(16-19)32-29-30-13-11-24(33-29)26-25-10-2-3-14-35(25)34-27(26)20-7-5-9-23(17-20)31-28(36)21-12-15-37-18-21/h2-18H,1H3,(H,31,36)(H,30,32,33). The maximum absolute atomic E-state index is 12.6. The molecule has 0 spiro atoms. The Kier molecular flexibility index (Phi) is 5.92. The van der Waals surface area contributed by atoms with Gasteiger partial charge in [0.2, 0.25) is 5.95 Å². The third kappa shape index (κ3) is 4.70. The first-order valence-corrected chi connectivity index (χ1v) is 12.7. The number of nitrogens with zero attached hydrogens (tertiary/aromatic N) is 4. The lowest BCUT2D eigenvalue weighted by atomic mass is 10.0. The van der Waals surface area contributed by atoms with Gasteiger partial charge in [-0.2, -0.15) is 16.4 Å². The number of carbonyl (C=O) groups excluding carboxylic acids is 1. The lowest BCUT2D eigenvalue weighted by molar-refractivity contribution is 0.102. The van der Waals surface area contributed by atoms with Crippen LogP contribution < -0.4 is 10.6 Å². The highest BCUT2D eigenvalue weighted by Crippen LogP contribution is 2.35. The van der Waals surface area contributed by atoms with Crippen molar-refractivity contribution in [1.82, 2.24) is 19.6 Å². The van der Waals surface area contributed by atoms with E-state index in [0.29, 0.717) is 17.2 Å². The van der Waals surface area contributed by atoms with Crippen LogP contribution >= 0.6 is 11.3 Å². The highest BCUT2D eigenvalue weighted by atomic mass is 32.1. The minimum absolute atomic E-state index is 0.142. The van der Waals surface area contributed by atoms with E-state index in [4.69, 9.17) is 10.1 Å². The van der Waals surface area contributed by atoms with Gasteiger partial charge in [0.1, 0.15) is 5.69 Å². The number of nitrogens with one attached hydrogen (secondary N) is 2. The molecule has 0 bridgehead atoms. The smallest absolute Gasteiger partial charge is 0.256 e. The summed E-state index contributed by atoms with van der Waals surface area (Å²) in [5.41, 5.74) is 7.59. The minimum atomic E-state index is -0.142. The number of pyridine rings is 1. The number of aryl methyl sites for hydroxylation is 1. The second-order valence-corrected chi connectivity index (χ2v) is 9.34. The van der Waals surface area contributed by atoms with E-state index in [2.05, 4.69) is 15.6 Å². The Bertz CT molecular complexity index is 1720. The molecule has 6 rings (SSSR count). The van der Waals surface area contributed by atoms with Crippen molar-refractivity contribution in [2.45, 2.75) is 6.92 Å². The van der Waals surface area contributed by atoms with Gasteiger partial charge in [-0.25, -0.2) is 14.5 Å². The zero-order valence-electron chi connectivity index (χ0n) is 19.9. The first-order chi connectivity index (χ1) is 18.1. The molecule has 4 heterocycles. The second-order valence-electron chi connectivity index (χ2n) is 8.56. The van der Waals surface area contributed by atoms with E-state index in [1.807, 2.05) is 107 Å². The molecular formula is C29H22N6OS. The number of hydrogen-bond acceptors (Lipinski definition) is 6. The third-order valence-electron chi connectivity index (χ3n) is 5.90. The monoisotopic (exact) mass is 502 g/mol. The van der Waals surface area contributed by atoms with E-state index in [1.165, 1.54) is 11.3 Å². The van der Waals surface area contributed by atoms with Crippen LogP contribution in [0.3, 0.4) is 0 Å². The normalized spacial score (nSPS) is 10.9. The van der Waals surface area contributed by atoms with Gasteiger partial charge in [0.05, 0.1) is 22.3 Å². The van der Waals surface area contributed by atoms with Gasteiger partial charge in [-0.1, -0.05) is 30.3 Å². The number of thiophene rings is 1. The van der Waals surface area contributed by atoms with Crippen LogP contribution in [0.2, 0.25) is 0 Å². The molecule has 0 radical (unpaired) electrons. The molecule has 2 N–H and O–H groups in total. The molecule has 4 aromatic heterocycles. The predicted molar refractivity (Wildman–Crippen MR) is 148 cm³/mol. The SMILES string of the molecule is Cc1cccc(Nc2nccc(-c3c(-c4cccc(NC(=O)c5ccsc5)c4)nn4ccccc34)n2)c1. The van der Waals surface area contributed by atoms with Crippen LogP contribution in [0.25, 0.3) is 28.0 Å². The van der Waals surface area contributed by atoms with E-state index < -0.39 is 0 Å². The molecule has 0 unspecified atom stereocenters. The van der Waals surface area contributed by atoms with Gasteiger partial charge in [0, 0.05) is 34.7 Å². The third-order valence-corrected chi connectivity index (χ3v) is 6.59. The van der Waals surface area contributed by atoms with Crippen molar-refractivity contribution < 1.29 is 4.79 Å². The summed E-state index contributed by atoms with van der Waals surface area (Å²) >= 11 is 1.49. The molecule has 0 saturated heterocycles. The molecule has 0 aliphatic rings. The topological polar surface area (TPSA) is 84.2 Å². The molecule has 1 amide bonds. The highest BCUT2D eigenvalue weighted by molar-refractivity contribution is 7.08. The zero-order chi connectivity index (χ0) is 25.2. The molecule has 0 aliphatic heterocycles. The number of aromatic nitrogens is 4. The summed E-state index contributed by atoms with van der Waals surface area (Å²) in [7, 11) is 0. The van der Waals surface area contributed by atoms with Crippen LogP contribution in [-0.4, -0.2) is 25.5 Å². The summed E-state index contributed by atoms with van der Waals surface area (Å²) in [6, 6.07) is 25.4. The Hall–Kier alpha value is -4.82. The lowest BCUT2D eigenvalue weighted by Crippen LogP contribution is -2.10. The van der Waals surface area contributed by atoms with Crippen molar-refractivity contribution in [2.24, 2.45) is 0 Å². The van der Waals surface area contributed by atoms with Crippen molar-refractivity contribution >= 4 is 40.1 Å². The maximum Gasteiger partial charge on any atom is 0.256 e. The largest absolute Gasteiger partial charge is 0.324 e. The Labute approximate surface area is 217 Å². The minimum Gasteiger partial charge on any atom is -0.324 e. The van der Waals surface area contributed by atoms with Crippen molar-refractivity contribution in [3.63, 3.8) is 0 Å². The first kappa shape index (κ1) is 22.6. The van der Waals surface area contributed by atoms with E-state index in [1.54, 1.807) is 6.20 Å². The van der Waals surface area contributed by atoms with Gasteiger partial charge in [-0.15, -0.1) is 0 Å². The van der Waals surface area contributed by atoms with Crippen LogP contribution in [0, 0.1) is 6.92 Å². The molecule has 7 nitrogen and oxygen atoms in total. The number of fused-ring (bicyclic) bond motifs is 1. The van der Waals surface area contributed by atoms with Crippen LogP contribution in [0.5, 0.6) is 0 Å². The van der Waals surface area contributed by atoms with Crippen molar-refractivity contribution in [1.29, 1.82) is 0 Å². The zero-order valence-corrected chi connectivity index (χ0v) is 20.7. The molecule has 37 heavy (non-hydrogen) atoms. The van der Waals surface area contributed by atoms with E-state index >= 15 is 0 Å². The van der Waals surface area contributed by atoms with Gasteiger partial charge in [0.25, 0.3) is 5.91 Å². The number of amides is 1. The molecule has 180 valence electrons. The van der Waals surface area contributed by atoms with Crippen molar-refractivity contribution in [3.05, 3.63) is 113 Å². The molecule has 0 saturated carbocycles. The number of benzene rings is 2. The average molecular weight is 503 g/mol. The number of hydrogen-bond donors (Lipinski definition) is 2. The number of carbonyl (C=O) groups is 1. The van der Waals surface area contributed by atoms with Crippen LogP contribution in [0.1, 0.15) is 15.9 Å². The molecule has 6 aromatic rings. The van der Waals surface area contributed by atoms with Crippen LogP contribution in [0.15, 0.2) is 102 Å². The van der Waals surface area contributed by atoms with E-state index in [9.17, 15) is 4.79 Å². The summed E-state index contributed by atoms with van der Waals surface area (Å²) in [6.45, 7) is 2.05. The van der Waals surface area contributed by atoms with Gasteiger partial charge in [0.15, 0.2) is 0 Å². The summed E-state index contributed by atoms with van der Waals surface area (Å²) < 4.78 is 1.84. The van der Waals surface area contributed by atoms with Crippen molar-refractivity contribution in [2.75, 3.05) is 10.6 Å². The van der Waals surface area contributed by atoms with Gasteiger partial charge < -0.3 is 10.6 Å². The fourth-order valence-electron chi connectivity index (χ4n) is 4.20. The van der Waals surface area contributed by atoms with E-state index in [-0.39, 0.29) is 5.91 Å². The predicted octanol–water partition coefficient (Wildman–Crippen LogP) is 6.82. The fourth-order valence-corrected chi connectivity index (χ4v) is 4.84. The summed E-state index contributed by atoms with van der Waals surface area (Å²) in [5.74, 6) is 0.359. The average Bonchev–Trinajstić information content (AvgIpc) is 3.58. The Balaban J connectivity index is 1.41. The second kappa shape index (κ2) is 9.67. The fraction of sp³-hybridized carbons (Fsp3) is 0.0345. The van der Waals surface area contributed by atoms with Crippen LogP contribution in [-0.2, 0) is 0 Å². The summed E-state index contributed by atoms with van der Waals surface area (Å²) in [5, 5.41) is 14.9. The van der Waals surface area contributed by atoms with Gasteiger partial charge >= 0.3 is 0 Å². The van der Waals surface area contributed by atoms with Crippen LogP contribution in [0.4, 0.5) is 17.3 Å². The quantitative estimate of drug-likeness (QED) is 0.261. The Morgan fingerprint density at radius 3 is 2.70 bits per heavy atom. The van der Waals surface area contributed by atoms with Gasteiger partial charge in [-0.3, -0.25) is 4.79 Å². The maximum atomic E-state index is 12.6. The molecular weight excluding hydrogens is 480 g/mol. The molecule has 0 fully saturated rings. The molecule has 8 heteroatoms. The number of anilines is 3. The summed E-state index contributed by atoms with van der Waals surface area (Å²) in [6.07, 6.45) is 3.66. The summed E-state index contributed by atoms with van der Waals surface area (Å²) in [4.78, 5) is 21.9. The molecule has 0 atom stereocenters. The van der Waals surface area contributed by atoms with Crippen molar-refractivity contribution in [3.8, 4) is 22.5 Å². The lowest BCUT2D eigenvalue weighted by Gasteiger charge is -2.09. The molecule has 2 aromatic carbocycles.